The maximum absolute atomic E-state index is 12.0. The van der Waals surface area contributed by atoms with Crippen LogP contribution in [0.25, 0.3) is 0 Å². The van der Waals surface area contributed by atoms with Gasteiger partial charge in [0.05, 0.1) is 6.20 Å². The Kier molecular flexibility index (Phi) is 4.68. The molecule has 0 fully saturated rings. The predicted octanol–water partition coefficient (Wildman–Crippen LogP) is 1.59. The lowest BCUT2D eigenvalue weighted by Gasteiger charge is -2.18. The molecule has 0 aromatic carbocycles. The van der Waals surface area contributed by atoms with Crippen molar-refractivity contribution in [3.05, 3.63) is 18.0 Å². The molecule has 0 aliphatic carbocycles. The van der Waals surface area contributed by atoms with Crippen molar-refractivity contribution < 1.29 is 9.53 Å². The monoisotopic (exact) mass is 224 g/mol. The second-order valence-electron chi connectivity index (χ2n) is 4.29. The summed E-state index contributed by atoms with van der Waals surface area (Å²) in [5.74, 6) is 0.342. The van der Waals surface area contributed by atoms with Crippen LogP contribution in [0.1, 0.15) is 26.3 Å². The molecule has 1 rings (SSSR count). The molecule has 1 aromatic heterocycles. The van der Waals surface area contributed by atoms with E-state index in [9.17, 15) is 4.79 Å². The third kappa shape index (κ3) is 3.45. The van der Waals surface area contributed by atoms with Gasteiger partial charge < -0.3 is 4.74 Å². The lowest BCUT2D eigenvalue weighted by Crippen LogP contribution is -2.31. The quantitative estimate of drug-likeness (QED) is 0.737. The van der Waals surface area contributed by atoms with E-state index in [1.54, 1.807) is 10.9 Å². The standard InChI is InChI=1S/C12H20N2O2/c1-5-16-12(9(2)3)11(15)6-10-7-13-14(4)8-10/h7-9,12H,5-6H2,1-4H3. The number of rotatable bonds is 6. The van der Waals surface area contributed by atoms with E-state index in [2.05, 4.69) is 5.10 Å². The Hall–Kier alpha value is -1.16. The molecule has 1 unspecified atom stereocenters. The first-order valence-corrected chi connectivity index (χ1v) is 5.66. The summed E-state index contributed by atoms with van der Waals surface area (Å²) < 4.78 is 7.17. The number of nitrogens with zero attached hydrogens (tertiary/aromatic N) is 2. The van der Waals surface area contributed by atoms with Crippen LogP contribution >= 0.6 is 0 Å². The summed E-state index contributed by atoms with van der Waals surface area (Å²) in [5, 5.41) is 4.04. The molecule has 0 saturated heterocycles. The number of hydrogen-bond donors (Lipinski definition) is 0. The number of aromatic nitrogens is 2. The van der Waals surface area contributed by atoms with Crippen molar-refractivity contribution in [1.82, 2.24) is 9.78 Å². The van der Waals surface area contributed by atoms with Crippen LogP contribution in [0.4, 0.5) is 0 Å². The van der Waals surface area contributed by atoms with E-state index in [1.165, 1.54) is 0 Å². The van der Waals surface area contributed by atoms with E-state index >= 15 is 0 Å². The number of hydrogen-bond acceptors (Lipinski definition) is 3. The van der Waals surface area contributed by atoms with Gasteiger partial charge in [-0.3, -0.25) is 9.48 Å². The Bertz CT molecular complexity index is 345. The highest BCUT2D eigenvalue weighted by Crippen LogP contribution is 2.11. The lowest BCUT2D eigenvalue weighted by atomic mass is 9.99. The molecular weight excluding hydrogens is 204 g/mol. The summed E-state index contributed by atoms with van der Waals surface area (Å²) >= 11 is 0. The van der Waals surface area contributed by atoms with Gasteiger partial charge >= 0.3 is 0 Å². The largest absolute Gasteiger partial charge is 0.370 e. The molecule has 0 aliphatic rings. The van der Waals surface area contributed by atoms with Crippen molar-refractivity contribution in [1.29, 1.82) is 0 Å². The van der Waals surface area contributed by atoms with Gasteiger partial charge in [0, 0.05) is 26.3 Å². The SMILES string of the molecule is CCOC(C(=O)Cc1cnn(C)c1)C(C)C. The number of ether oxygens (including phenoxy) is 1. The predicted molar refractivity (Wildman–Crippen MR) is 62.2 cm³/mol. The minimum absolute atomic E-state index is 0.129. The zero-order chi connectivity index (χ0) is 12.1. The molecule has 1 aromatic rings. The number of ketones is 1. The highest BCUT2D eigenvalue weighted by molar-refractivity contribution is 5.85. The minimum atomic E-state index is -0.301. The Labute approximate surface area is 96.6 Å². The summed E-state index contributed by atoms with van der Waals surface area (Å²) in [6, 6.07) is 0. The molecule has 4 nitrogen and oxygen atoms in total. The second kappa shape index (κ2) is 5.80. The van der Waals surface area contributed by atoms with Crippen LogP contribution in [-0.2, 0) is 23.0 Å². The smallest absolute Gasteiger partial charge is 0.166 e. The Morgan fingerprint density at radius 2 is 2.25 bits per heavy atom. The minimum Gasteiger partial charge on any atom is -0.370 e. The van der Waals surface area contributed by atoms with Crippen LogP contribution in [0.2, 0.25) is 0 Å². The fraction of sp³-hybridized carbons (Fsp3) is 0.667. The average molecular weight is 224 g/mol. The summed E-state index contributed by atoms with van der Waals surface area (Å²) in [5.41, 5.74) is 0.942. The Balaban J connectivity index is 2.61. The molecule has 16 heavy (non-hydrogen) atoms. The highest BCUT2D eigenvalue weighted by atomic mass is 16.5. The van der Waals surface area contributed by atoms with Gasteiger partial charge in [0.1, 0.15) is 6.10 Å². The second-order valence-corrected chi connectivity index (χ2v) is 4.29. The van der Waals surface area contributed by atoms with Crippen LogP contribution in [-0.4, -0.2) is 28.3 Å². The third-order valence-electron chi connectivity index (χ3n) is 2.41. The fourth-order valence-corrected chi connectivity index (χ4v) is 1.70. The molecule has 0 spiro atoms. The van der Waals surface area contributed by atoms with Crippen molar-refractivity contribution in [3.8, 4) is 0 Å². The number of Topliss-reactive ketones (excluding diaryl/α,β-unsaturated/α-hetero) is 1. The molecule has 4 heteroatoms. The molecule has 0 saturated carbocycles. The summed E-state index contributed by atoms with van der Waals surface area (Å²) in [6.45, 7) is 6.48. The van der Waals surface area contributed by atoms with E-state index in [4.69, 9.17) is 4.74 Å². The zero-order valence-electron chi connectivity index (χ0n) is 10.4. The number of carbonyl (C=O) groups is 1. The van der Waals surface area contributed by atoms with Crippen LogP contribution in [0, 0.1) is 5.92 Å². The first-order chi connectivity index (χ1) is 7.54. The van der Waals surface area contributed by atoms with Gasteiger partial charge in [-0.2, -0.15) is 5.10 Å². The third-order valence-corrected chi connectivity index (χ3v) is 2.41. The van der Waals surface area contributed by atoms with Gasteiger partial charge in [-0.05, 0) is 18.4 Å². The van der Waals surface area contributed by atoms with Crippen molar-refractivity contribution in [2.75, 3.05) is 6.61 Å². The summed E-state index contributed by atoms with van der Waals surface area (Å²) in [7, 11) is 1.84. The van der Waals surface area contributed by atoms with E-state index in [1.807, 2.05) is 34.0 Å². The molecular formula is C12H20N2O2. The van der Waals surface area contributed by atoms with Gasteiger partial charge in [-0.25, -0.2) is 0 Å². The molecule has 0 bridgehead atoms. The Morgan fingerprint density at radius 3 is 2.69 bits per heavy atom. The van der Waals surface area contributed by atoms with Gasteiger partial charge in [-0.15, -0.1) is 0 Å². The molecule has 1 heterocycles. The van der Waals surface area contributed by atoms with Crippen molar-refractivity contribution in [3.63, 3.8) is 0 Å². The summed E-state index contributed by atoms with van der Waals surface area (Å²) in [4.78, 5) is 12.0. The van der Waals surface area contributed by atoms with Crippen LogP contribution < -0.4 is 0 Å². The first kappa shape index (κ1) is 12.9. The van der Waals surface area contributed by atoms with Gasteiger partial charge in [0.15, 0.2) is 5.78 Å². The average Bonchev–Trinajstić information content (AvgIpc) is 2.59. The zero-order valence-corrected chi connectivity index (χ0v) is 10.4. The highest BCUT2D eigenvalue weighted by Gasteiger charge is 2.22. The van der Waals surface area contributed by atoms with Crippen molar-refractivity contribution in [2.24, 2.45) is 13.0 Å². The maximum Gasteiger partial charge on any atom is 0.166 e. The molecule has 90 valence electrons. The van der Waals surface area contributed by atoms with Gasteiger partial charge in [0.25, 0.3) is 0 Å². The Morgan fingerprint density at radius 1 is 1.56 bits per heavy atom. The van der Waals surface area contributed by atoms with Crippen LogP contribution in [0.5, 0.6) is 0 Å². The van der Waals surface area contributed by atoms with Gasteiger partial charge in [0.2, 0.25) is 0 Å². The van der Waals surface area contributed by atoms with E-state index in [0.29, 0.717) is 13.0 Å². The molecule has 0 N–H and O–H groups in total. The molecule has 0 radical (unpaired) electrons. The van der Waals surface area contributed by atoms with E-state index < -0.39 is 0 Å². The molecule has 0 amide bonds. The number of carbonyl (C=O) groups excluding carboxylic acids is 1. The topological polar surface area (TPSA) is 44.1 Å². The summed E-state index contributed by atoms with van der Waals surface area (Å²) in [6.07, 6.45) is 3.68. The molecule has 1 atom stereocenters. The first-order valence-electron chi connectivity index (χ1n) is 5.66. The van der Waals surface area contributed by atoms with Crippen molar-refractivity contribution in [2.45, 2.75) is 33.3 Å². The van der Waals surface area contributed by atoms with Crippen LogP contribution in [0.15, 0.2) is 12.4 Å². The fourth-order valence-electron chi connectivity index (χ4n) is 1.70. The lowest BCUT2D eigenvalue weighted by molar-refractivity contribution is -0.132. The van der Waals surface area contributed by atoms with Crippen molar-refractivity contribution >= 4 is 5.78 Å². The van der Waals surface area contributed by atoms with E-state index in [0.717, 1.165) is 5.56 Å². The normalized spacial score (nSPS) is 13.1. The molecule has 0 aliphatic heterocycles. The van der Waals surface area contributed by atoms with Crippen LogP contribution in [0.3, 0.4) is 0 Å². The van der Waals surface area contributed by atoms with E-state index in [-0.39, 0.29) is 17.8 Å². The number of aryl methyl sites for hydroxylation is 1. The maximum atomic E-state index is 12.0. The van der Waals surface area contributed by atoms with Gasteiger partial charge in [-0.1, -0.05) is 13.8 Å².